The lowest BCUT2D eigenvalue weighted by Crippen LogP contribution is -2.37. The number of halogens is 1. The minimum absolute atomic E-state index is 0.0357. The molecule has 0 aliphatic heterocycles. The van der Waals surface area contributed by atoms with Crippen LogP contribution < -0.4 is 10.1 Å². The van der Waals surface area contributed by atoms with Gasteiger partial charge in [0.25, 0.3) is 5.91 Å². The van der Waals surface area contributed by atoms with Gasteiger partial charge in [-0.05, 0) is 29.8 Å². The molecule has 2 aromatic carbocycles. The molecule has 148 valence electrons. The maximum absolute atomic E-state index is 12.1. The number of rotatable bonds is 8. The van der Waals surface area contributed by atoms with Crippen molar-refractivity contribution >= 4 is 35.1 Å². The van der Waals surface area contributed by atoms with Crippen LogP contribution in [0.25, 0.3) is 0 Å². The number of anilines is 1. The molecule has 1 N–H and O–H groups in total. The number of ether oxygens (including phenoxy) is 2. The van der Waals surface area contributed by atoms with Crippen LogP contribution in [0.15, 0.2) is 48.5 Å². The number of carbonyl (C=O) groups excluding carboxylic acids is 3. The average Bonchev–Trinajstić information content (AvgIpc) is 2.68. The number of nitrogens with zero attached hydrogens (tertiary/aromatic N) is 1. The third-order valence-electron chi connectivity index (χ3n) is 3.82. The predicted molar refractivity (Wildman–Crippen MR) is 105 cm³/mol. The lowest BCUT2D eigenvalue weighted by molar-refractivity contribution is -0.151. The van der Waals surface area contributed by atoms with Crippen LogP contribution in [0.3, 0.4) is 0 Å². The third kappa shape index (κ3) is 6.59. The Morgan fingerprint density at radius 1 is 1.07 bits per heavy atom. The highest BCUT2D eigenvalue weighted by atomic mass is 35.5. The highest BCUT2D eigenvalue weighted by molar-refractivity contribution is 6.33. The zero-order valence-corrected chi connectivity index (χ0v) is 16.4. The SMILES string of the molecule is COc1ccc(CC(=O)OCC(=O)N(C)CC(=O)Nc2ccccc2Cl)cc1. The summed E-state index contributed by atoms with van der Waals surface area (Å²) in [6, 6.07) is 13.7. The van der Waals surface area contributed by atoms with Gasteiger partial charge in [-0.1, -0.05) is 35.9 Å². The van der Waals surface area contributed by atoms with Crippen molar-refractivity contribution in [2.45, 2.75) is 6.42 Å². The largest absolute Gasteiger partial charge is 0.497 e. The summed E-state index contributed by atoms with van der Waals surface area (Å²) in [5, 5.41) is 3.02. The van der Waals surface area contributed by atoms with Crippen LogP contribution in [0.2, 0.25) is 5.02 Å². The monoisotopic (exact) mass is 404 g/mol. The number of hydrogen-bond donors (Lipinski definition) is 1. The molecule has 0 radical (unpaired) electrons. The highest BCUT2D eigenvalue weighted by Crippen LogP contribution is 2.20. The molecule has 7 nitrogen and oxygen atoms in total. The van der Waals surface area contributed by atoms with Gasteiger partial charge >= 0.3 is 5.97 Å². The Morgan fingerprint density at radius 2 is 1.75 bits per heavy atom. The van der Waals surface area contributed by atoms with Gasteiger partial charge in [0.1, 0.15) is 5.75 Å². The second-order valence-electron chi connectivity index (χ2n) is 5.96. The molecule has 0 spiro atoms. The first-order chi connectivity index (χ1) is 13.4. The van der Waals surface area contributed by atoms with Crippen molar-refractivity contribution < 1.29 is 23.9 Å². The van der Waals surface area contributed by atoms with Crippen LogP contribution in [0.4, 0.5) is 5.69 Å². The molecule has 8 heteroatoms. The predicted octanol–water partition coefficient (Wildman–Crippen LogP) is 2.53. The van der Waals surface area contributed by atoms with Crippen LogP contribution in [-0.2, 0) is 25.5 Å². The molecule has 0 atom stereocenters. The normalized spacial score (nSPS) is 10.1. The lowest BCUT2D eigenvalue weighted by atomic mass is 10.1. The van der Waals surface area contributed by atoms with Gasteiger partial charge in [-0.15, -0.1) is 0 Å². The molecule has 0 heterocycles. The second-order valence-corrected chi connectivity index (χ2v) is 6.37. The third-order valence-corrected chi connectivity index (χ3v) is 4.15. The number of likely N-dealkylation sites (N-methyl/N-ethyl adjacent to an activating group) is 1. The van der Waals surface area contributed by atoms with Gasteiger partial charge in [-0.2, -0.15) is 0 Å². The fourth-order valence-electron chi connectivity index (χ4n) is 2.27. The van der Waals surface area contributed by atoms with Crippen LogP contribution in [-0.4, -0.2) is 50.0 Å². The van der Waals surface area contributed by atoms with Crippen molar-refractivity contribution in [2.24, 2.45) is 0 Å². The zero-order chi connectivity index (χ0) is 20.5. The van der Waals surface area contributed by atoms with Gasteiger partial charge in [-0.25, -0.2) is 0 Å². The van der Waals surface area contributed by atoms with E-state index in [1.54, 1.807) is 55.6 Å². The van der Waals surface area contributed by atoms with E-state index in [1.807, 2.05) is 0 Å². The first-order valence-corrected chi connectivity index (χ1v) is 8.83. The van der Waals surface area contributed by atoms with E-state index >= 15 is 0 Å². The van der Waals surface area contributed by atoms with E-state index in [0.29, 0.717) is 16.5 Å². The van der Waals surface area contributed by atoms with Crippen molar-refractivity contribution in [3.63, 3.8) is 0 Å². The van der Waals surface area contributed by atoms with Gasteiger partial charge in [0.05, 0.1) is 30.8 Å². The molecule has 0 saturated heterocycles. The molecular formula is C20H21ClN2O5. The number of nitrogens with one attached hydrogen (secondary N) is 1. The minimum Gasteiger partial charge on any atom is -0.497 e. The van der Waals surface area contributed by atoms with Crippen LogP contribution in [0, 0.1) is 0 Å². The van der Waals surface area contributed by atoms with E-state index in [0.717, 1.165) is 5.56 Å². The quantitative estimate of drug-likeness (QED) is 0.683. The summed E-state index contributed by atoms with van der Waals surface area (Å²) < 4.78 is 10.0. The van der Waals surface area contributed by atoms with E-state index in [1.165, 1.54) is 11.9 Å². The van der Waals surface area contributed by atoms with Gasteiger partial charge in [0, 0.05) is 7.05 Å². The van der Waals surface area contributed by atoms with Crippen molar-refractivity contribution in [3.8, 4) is 5.75 Å². The molecule has 0 fully saturated rings. The van der Waals surface area contributed by atoms with E-state index in [2.05, 4.69) is 5.32 Å². The number of benzene rings is 2. The number of carbonyl (C=O) groups is 3. The molecule has 0 aliphatic carbocycles. The number of esters is 1. The molecule has 2 amide bonds. The van der Waals surface area contributed by atoms with E-state index in [-0.39, 0.29) is 13.0 Å². The second kappa shape index (κ2) is 10.3. The highest BCUT2D eigenvalue weighted by Gasteiger charge is 2.16. The molecule has 0 bridgehead atoms. The first-order valence-electron chi connectivity index (χ1n) is 8.46. The van der Waals surface area contributed by atoms with Gasteiger partial charge < -0.3 is 19.7 Å². The average molecular weight is 405 g/mol. The molecule has 2 aromatic rings. The van der Waals surface area contributed by atoms with E-state index < -0.39 is 24.4 Å². The summed E-state index contributed by atoms with van der Waals surface area (Å²) in [6.45, 7) is -0.634. The van der Waals surface area contributed by atoms with Crippen molar-refractivity contribution in [1.29, 1.82) is 0 Å². The Bertz CT molecular complexity index is 839. The molecule has 28 heavy (non-hydrogen) atoms. The Labute approximate surface area is 168 Å². The Kier molecular flexibility index (Phi) is 7.83. The standard InChI is InChI=1S/C20H21ClN2O5/c1-23(12-18(24)22-17-6-4-3-5-16(17)21)19(25)13-28-20(26)11-14-7-9-15(27-2)10-8-14/h3-10H,11-13H2,1-2H3,(H,22,24). The van der Waals surface area contributed by atoms with Crippen molar-refractivity contribution in [3.05, 3.63) is 59.1 Å². The van der Waals surface area contributed by atoms with Crippen molar-refractivity contribution in [2.75, 3.05) is 32.6 Å². The van der Waals surface area contributed by atoms with Gasteiger partial charge in [0.2, 0.25) is 5.91 Å². The summed E-state index contributed by atoms with van der Waals surface area (Å²) in [7, 11) is 3.01. The summed E-state index contributed by atoms with van der Waals surface area (Å²) in [4.78, 5) is 37.1. The molecular weight excluding hydrogens is 384 g/mol. The summed E-state index contributed by atoms with van der Waals surface area (Å²) >= 11 is 5.98. The van der Waals surface area contributed by atoms with Gasteiger partial charge in [0.15, 0.2) is 6.61 Å². The maximum atomic E-state index is 12.1. The molecule has 0 aromatic heterocycles. The van der Waals surface area contributed by atoms with Crippen LogP contribution in [0.5, 0.6) is 5.75 Å². The molecule has 0 aliphatic rings. The Hall–Kier alpha value is -3.06. The van der Waals surface area contributed by atoms with E-state index in [4.69, 9.17) is 21.1 Å². The molecule has 0 saturated carbocycles. The summed E-state index contributed by atoms with van der Waals surface area (Å²) in [6.07, 6.45) is 0.0357. The van der Waals surface area contributed by atoms with E-state index in [9.17, 15) is 14.4 Å². The maximum Gasteiger partial charge on any atom is 0.310 e. The molecule has 2 rings (SSSR count). The fraction of sp³-hybridized carbons (Fsp3) is 0.250. The number of methoxy groups -OCH3 is 1. The lowest BCUT2D eigenvalue weighted by Gasteiger charge is -2.17. The first kappa shape index (κ1) is 21.2. The topological polar surface area (TPSA) is 84.9 Å². The molecule has 0 unspecified atom stereocenters. The Morgan fingerprint density at radius 3 is 2.39 bits per heavy atom. The van der Waals surface area contributed by atoms with Crippen LogP contribution in [0.1, 0.15) is 5.56 Å². The van der Waals surface area contributed by atoms with Gasteiger partial charge in [-0.3, -0.25) is 14.4 Å². The number of amides is 2. The van der Waals surface area contributed by atoms with Crippen molar-refractivity contribution in [1.82, 2.24) is 4.90 Å². The van der Waals surface area contributed by atoms with Crippen LogP contribution >= 0.6 is 11.6 Å². The Balaban J connectivity index is 1.75. The summed E-state index contributed by atoms with van der Waals surface area (Å²) in [5.41, 5.74) is 1.20. The number of para-hydroxylation sites is 1. The number of hydrogen-bond acceptors (Lipinski definition) is 5. The fourth-order valence-corrected chi connectivity index (χ4v) is 2.45. The smallest absolute Gasteiger partial charge is 0.310 e. The zero-order valence-electron chi connectivity index (χ0n) is 15.6. The minimum atomic E-state index is -0.535. The summed E-state index contributed by atoms with van der Waals surface area (Å²) in [5.74, 6) is -0.748.